The predicted octanol–water partition coefficient (Wildman–Crippen LogP) is 2.73. The lowest BCUT2D eigenvalue weighted by Gasteiger charge is -2.60. The van der Waals surface area contributed by atoms with Gasteiger partial charge in [0.2, 0.25) is 0 Å². The molecule has 2 aromatic carbocycles. The van der Waals surface area contributed by atoms with Gasteiger partial charge in [-0.3, -0.25) is 4.21 Å². The number of hydrogen-bond donors (Lipinski definition) is 1. The molecule has 0 aliphatic heterocycles. The minimum absolute atomic E-state index is 0.0301. The quantitative estimate of drug-likeness (QED) is 0.939. The zero-order valence-electron chi connectivity index (χ0n) is 9.56. The number of sulfone groups is 1. The smallest absolute Gasteiger partial charge is 0.0485 e. The second kappa shape index (κ2) is 4.29. The maximum Gasteiger partial charge on any atom is 0.0485 e. The molecule has 0 heterocycles. The highest BCUT2D eigenvalue weighted by Gasteiger charge is 2.13. The summed E-state index contributed by atoms with van der Waals surface area (Å²) in [5.74, 6) is -0.400. The fourth-order valence-corrected chi connectivity index (χ4v) is 3.79. The van der Waals surface area contributed by atoms with Gasteiger partial charge in [0, 0.05) is 33.0 Å². The van der Waals surface area contributed by atoms with Crippen molar-refractivity contribution in [3.05, 3.63) is 46.6 Å². The molecule has 0 bridgehead atoms. The third kappa shape index (κ3) is 2.28. The average Bonchev–Trinajstić information content (AvgIpc) is 2.28. The molecule has 0 atom stereocenters. The minimum atomic E-state index is -4.91. The summed E-state index contributed by atoms with van der Waals surface area (Å²) in [6.45, 7) is -0.0880. The first kappa shape index (κ1) is 13.5. The van der Waals surface area contributed by atoms with E-state index in [0.29, 0.717) is 15.8 Å². The van der Waals surface area contributed by atoms with Crippen molar-refractivity contribution >= 4 is 31.9 Å². The Kier molecular flexibility index (Phi) is 3.21. The molecule has 0 radical (unpaired) electrons. The van der Waals surface area contributed by atoms with Gasteiger partial charge in [-0.15, -0.1) is 0 Å². The highest BCUT2D eigenvalue weighted by atomic mass is 35.5. The van der Waals surface area contributed by atoms with Crippen LogP contribution in [0, 0.1) is 0 Å². The Hall–Kier alpha value is -0.980. The number of nitrogens with two attached hydrogens (primary N) is 1. The Bertz CT molecular complexity index is 666. The summed E-state index contributed by atoms with van der Waals surface area (Å²) in [7, 11) is -4.91. The van der Waals surface area contributed by atoms with Gasteiger partial charge in [0.25, 0.3) is 0 Å². The first-order valence-corrected chi connectivity index (χ1v) is 7.80. The highest BCUT2D eigenvalue weighted by Crippen LogP contribution is 2.38. The number of sulfonamides is 2. The van der Waals surface area contributed by atoms with Crippen LogP contribution in [0.15, 0.2) is 41.3 Å². The summed E-state index contributed by atoms with van der Waals surface area (Å²) >= 11 is 6.02. The van der Waals surface area contributed by atoms with Gasteiger partial charge in [0.05, 0.1) is 0 Å². The maximum absolute atomic E-state index is 12.3. The highest BCUT2D eigenvalue weighted by molar-refractivity contribution is 8.16. The Morgan fingerprint density at radius 1 is 1.22 bits per heavy atom. The maximum atomic E-state index is 12.3. The lowest BCUT2D eigenvalue weighted by Crippen LogP contribution is -2.35. The van der Waals surface area contributed by atoms with Crippen LogP contribution in [0.25, 0.3) is 15.9 Å². The Balaban J connectivity index is 2.81. The second-order valence-electron chi connectivity index (χ2n) is 4.11. The number of halogens is 1. The Labute approximate surface area is 110 Å². The lowest BCUT2D eigenvalue weighted by atomic mass is 10.1. The molecule has 98 valence electrons. The molecule has 0 saturated heterocycles. The fraction of sp³-hybridized carbons (Fsp3) is 0.167. The van der Waals surface area contributed by atoms with Crippen molar-refractivity contribution in [3.63, 3.8) is 0 Å². The molecule has 6 heteroatoms. The van der Waals surface area contributed by atoms with Crippen molar-refractivity contribution in [2.75, 3.05) is 12.3 Å². The van der Waals surface area contributed by atoms with Crippen LogP contribution in [-0.2, 0) is 9.53 Å². The summed E-state index contributed by atoms with van der Waals surface area (Å²) in [6.07, 6.45) is 0. The van der Waals surface area contributed by atoms with Crippen LogP contribution >= 0.6 is 11.6 Å². The lowest BCUT2D eigenvalue weighted by molar-refractivity contribution is 0.498. The van der Waals surface area contributed by atoms with Crippen LogP contribution in [0.3, 0.4) is 0 Å². The third-order valence-corrected chi connectivity index (χ3v) is 5.32. The van der Waals surface area contributed by atoms with E-state index in [1.807, 2.05) is 0 Å². The van der Waals surface area contributed by atoms with Crippen LogP contribution in [0.1, 0.15) is 0 Å². The molecule has 3 N–H and O–H groups in total. The van der Waals surface area contributed by atoms with Gasteiger partial charge in [-0.2, -0.15) is 0 Å². The van der Waals surface area contributed by atoms with Gasteiger partial charge in [-0.05, 0) is 12.1 Å². The molecule has 0 spiro atoms. The van der Waals surface area contributed by atoms with Crippen molar-refractivity contribution < 1.29 is 8.76 Å². The Morgan fingerprint density at radius 2 is 1.83 bits per heavy atom. The van der Waals surface area contributed by atoms with E-state index in [-0.39, 0.29) is 11.4 Å². The van der Waals surface area contributed by atoms with E-state index >= 15 is 0 Å². The molecule has 0 aliphatic carbocycles. The monoisotopic (exact) mass is 284 g/mol. The first-order chi connectivity index (χ1) is 8.33. The summed E-state index contributed by atoms with van der Waals surface area (Å²) in [5.41, 5.74) is 5.29. The van der Waals surface area contributed by atoms with E-state index < -0.39 is 15.3 Å². The van der Waals surface area contributed by atoms with Crippen LogP contribution in [0.5, 0.6) is 0 Å². The average molecular weight is 285 g/mol. The van der Waals surface area contributed by atoms with E-state index in [0.717, 1.165) is 0 Å². The van der Waals surface area contributed by atoms with Gasteiger partial charge in [0.1, 0.15) is 0 Å². The van der Waals surface area contributed by atoms with E-state index in [2.05, 4.69) is 0 Å². The fourth-order valence-electron chi connectivity index (χ4n) is 1.93. The standard InChI is InChI=1S/C12H14ClN2O2S/c13-11-5-1-4-10-9(11)3-2-6-12(10)18(15,16,17)8-7-14/h1-6H,7-8,14H2,(H2-,15,16,17)/q-1/p-1. The summed E-state index contributed by atoms with van der Waals surface area (Å²) in [4.78, 5) is -0.0301. The van der Waals surface area contributed by atoms with Crippen molar-refractivity contribution in [2.24, 2.45) is 5.73 Å². The largest absolute Gasteiger partial charge is 0.781 e. The molecule has 0 aliphatic rings. The number of rotatable bonds is 3. The Morgan fingerprint density at radius 3 is 2.50 bits per heavy atom. The molecule has 0 fully saturated rings. The first-order valence-electron chi connectivity index (χ1n) is 5.37. The zero-order chi connectivity index (χ0) is 13.4. The number of fused-ring (bicyclic) bond motifs is 1. The van der Waals surface area contributed by atoms with Crippen LogP contribution in [-0.4, -0.2) is 21.1 Å². The third-order valence-electron chi connectivity index (χ3n) is 2.76. The molecule has 18 heavy (non-hydrogen) atoms. The zero-order valence-corrected chi connectivity index (χ0v) is 11.1. The molecule has 0 saturated carbocycles. The van der Waals surface area contributed by atoms with Crippen molar-refractivity contribution in [1.29, 1.82) is 0 Å². The topological polar surface area (TPSA) is 90.0 Å². The minimum Gasteiger partial charge on any atom is -0.781 e. The van der Waals surface area contributed by atoms with Crippen LogP contribution in [0.2, 0.25) is 5.02 Å². The molecule has 2 aromatic rings. The van der Waals surface area contributed by atoms with Gasteiger partial charge in [-0.25, -0.2) is 0 Å². The van der Waals surface area contributed by atoms with E-state index in [4.69, 9.17) is 22.5 Å². The van der Waals surface area contributed by atoms with Crippen LogP contribution < -0.4 is 5.73 Å². The molecule has 4 nitrogen and oxygen atoms in total. The van der Waals surface area contributed by atoms with Crippen molar-refractivity contribution in [1.82, 2.24) is 0 Å². The molecule has 2 rings (SSSR count). The summed E-state index contributed by atoms with van der Waals surface area (Å²) in [6, 6.07) is 9.73. The van der Waals surface area contributed by atoms with E-state index in [9.17, 15) is 8.76 Å². The van der Waals surface area contributed by atoms with Gasteiger partial charge in [0.15, 0.2) is 0 Å². The SMILES string of the molecule is [NH-]S(=O)([O-])(CCN)c1cccc2c(Cl)cccc12. The summed E-state index contributed by atoms with van der Waals surface area (Å²) in [5, 5.41) is 9.29. The van der Waals surface area contributed by atoms with Crippen molar-refractivity contribution in [2.45, 2.75) is 4.90 Å². The molecular weight excluding hydrogens is 272 g/mol. The van der Waals surface area contributed by atoms with E-state index in [1.165, 1.54) is 6.07 Å². The van der Waals surface area contributed by atoms with E-state index in [1.54, 1.807) is 30.3 Å². The van der Waals surface area contributed by atoms with Gasteiger partial charge >= 0.3 is 0 Å². The second-order valence-corrected chi connectivity index (χ2v) is 7.42. The predicted molar refractivity (Wildman–Crippen MR) is 74.4 cm³/mol. The molecule has 0 amide bonds. The molecule has 0 aromatic heterocycles. The van der Waals surface area contributed by atoms with Crippen LogP contribution in [0.4, 0.5) is 0 Å². The van der Waals surface area contributed by atoms with Gasteiger partial charge in [-0.1, -0.05) is 35.9 Å². The number of nitrogens with one attached hydrogen (secondary N) is 1. The van der Waals surface area contributed by atoms with Gasteiger partial charge < -0.3 is 25.0 Å². The molecular formula is C12H13ClN2O2S-2. The normalized spacial score (nSPS) is 14.3. The molecule has 0 unspecified atom stereocenters. The number of hydrogen-bond acceptors (Lipinski definition) is 3. The van der Waals surface area contributed by atoms with Crippen molar-refractivity contribution in [3.8, 4) is 0 Å². The number of benzene rings is 2. The summed E-state index contributed by atoms with van der Waals surface area (Å²) < 4.78 is 24.6.